The Kier molecular flexibility index (Phi) is 4.62. The molecule has 7 heteroatoms. The van der Waals surface area contributed by atoms with Gasteiger partial charge in [0.2, 0.25) is 0 Å². The second-order valence-corrected chi connectivity index (χ2v) is 6.54. The highest BCUT2D eigenvalue weighted by molar-refractivity contribution is 6.42. The van der Waals surface area contributed by atoms with Crippen LogP contribution in [-0.4, -0.2) is 45.8 Å². The van der Waals surface area contributed by atoms with Gasteiger partial charge < -0.3 is 10.2 Å². The number of nitrogens with one attached hydrogen (secondary N) is 1. The summed E-state index contributed by atoms with van der Waals surface area (Å²) in [6.45, 7) is 5.61. The van der Waals surface area contributed by atoms with Crippen LogP contribution in [0.25, 0.3) is 5.69 Å². The minimum Gasteiger partial charge on any atom is -0.332 e. The summed E-state index contributed by atoms with van der Waals surface area (Å²) in [5.41, 5.74) is 1.19. The summed E-state index contributed by atoms with van der Waals surface area (Å²) in [5, 5.41) is 8.70. The van der Waals surface area contributed by atoms with Crippen LogP contribution < -0.4 is 5.32 Å². The molecule has 122 valence electrons. The monoisotopic (exact) mass is 352 g/mol. The van der Waals surface area contributed by atoms with E-state index in [4.69, 9.17) is 23.2 Å². The number of halogens is 2. The molecule has 1 aliphatic heterocycles. The summed E-state index contributed by atoms with van der Waals surface area (Å²) in [5.74, 6) is -0.0512. The van der Waals surface area contributed by atoms with Gasteiger partial charge in [-0.25, -0.2) is 4.68 Å². The molecule has 0 saturated carbocycles. The quantitative estimate of drug-likeness (QED) is 0.903. The van der Waals surface area contributed by atoms with Gasteiger partial charge in [-0.2, -0.15) is 5.10 Å². The van der Waals surface area contributed by atoms with Crippen molar-refractivity contribution >= 4 is 29.1 Å². The third-order valence-corrected chi connectivity index (χ3v) is 5.01. The highest BCUT2D eigenvalue weighted by Gasteiger charge is 2.29. The zero-order chi connectivity index (χ0) is 16.6. The van der Waals surface area contributed by atoms with E-state index in [0.717, 1.165) is 12.2 Å². The van der Waals surface area contributed by atoms with Crippen molar-refractivity contribution in [3.8, 4) is 5.69 Å². The van der Waals surface area contributed by atoms with Crippen molar-refractivity contribution in [1.82, 2.24) is 20.0 Å². The second-order valence-electron chi connectivity index (χ2n) is 5.73. The Hall–Kier alpha value is -1.56. The van der Waals surface area contributed by atoms with E-state index in [1.807, 2.05) is 17.9 Å². The van der Waals surface area contributed by atoms with E-state index in [0.29, 0.717) is 22.3 Å². The van der Waals surface area contributed by atoms with Crippen LogP contribution in [0.1, 0.15) is 24.3 Å². The summed E-state index contributed by atoms with van der Waals surface area (Å²) in [6, 6.07) is 7.37. The molecule has 3 rings (SSSR count). The maximum Gasteiger partial charge on any atom is 0.274 e. The molecule has 1 aliphatic rings. The second kappa shape index (κ2) is 6.51. The van der Waals surface area contributed by atoms with Crippen LogP contribution in [0.3, 0.4) is 0 Å². The molecule has 1 aromatic carbocycles. The van der Waals surface area contributed by atoms with Gasteiger partial charge in [-0.15, -0.1) is 0 Å². The van der Waals surface area contributed by atoms with E-state index in [-0.39, 0.29) is 18.0 Å². The Labute approximate surface area is 145 Å². The van der Waals surface area contributed by atoms with Crippen molar-refractivity contribution in [2.24, 2.45) is 0 Å². The molecule has 23 heavy (non-hydrogen) atoms. The first-order chi connectivity index (χ1) is 11.0. The number of hydrogen-bond acceptors (Lipinski definition) is 3. The largest absolute Gasteiger partial charge is 0.332 e. The number of piperazine rings is 1. The molecular formula is C16H18Cl2N4O. The van der Waals surface area contributed by atoms with Crippen LogP contribution in [0.2, 0.25) is 10.0 Å². The lowest BCUT2D eigenvalue weighted by atomic mass is 10.1. The average molecular weight is 353 g/mol. The molecule has 1 N–H and O–H groups in total. The minimum atomic E-state index is -0.0512. The molecule has 0 aliphatic carbocycles. The van der Waals surface area contributed by atoms with Gasteiger partial charge in [-0.05, 0) is 38.1 Å². The van der Waals surface area contributed by atoms with E-state index in [9.17, 15) is 4.79 Å². The zero-order valence-electron chi connectivity index (χ0n) is 13.0. The van der Waals surface area contributed by atoms with Gasteiger partial charge in [0.1, 0.15) is 0 Å². The highest BCUT2D eigenvalue weighted by Crippen LogP contribution is 2.24. The number of carbonyl (C=O) groups excluding carboxylic acids is 1. The molecule has 2 aromatic rings. The normalized spacial score (nSPS) is 21.5. The third-order valence-electron chi connectivity index (χ3n) is 4.27. The Bertz CT molecular complexity index is 731. The van der Waals surface area contributed by atoms with E-state index < -0.39 is 0 Å². The van der Waals surface area contributed by atoms with Gasteiger partial charge in [0.25, 0.3) is 5.91 Å². The molecule has 5 nitrogen and oxygen atoms in total. The number of amides is 1. The molecule has 1 saturated heterocycles. The molecule has 0 bridgehead atoms. The van der Waals surface area contributed by atoms with Crippen LogP contribution in [0, 0.1) is 0 Å². The molecule has 2 atom stereocenters. The topological polar surface area (TPSA) is 50.2 Å². The number of carbonyl (C=O) groups is 1. The zero-order valence-corrected chi connectivity index (χ0v) is 14.5. The minimum absolute atomic E-state index is 0.0512. The fourth-order valence-corrected chi connectivity index (χ4v) is 2.99. The third kappa shape index (κ3) is 3.22. The molecular weight excluding hydrogens is 335 g/mol. The van der Waals surface area contributed by atoms with Crippen molar-refractivity contribution in [2.75, 3.05) is 13.1 Å². The highest BCUT2D eigenvalue weighted by atomic mass is 35.5. The standard InChI is InChI=1S/C16H18Cl2N4O/c1-10-11(2)21(8-6-19-10)16(23)15-5-7-22(20-15)12-3-4-13(17)14(18)9-12/h3-5,7,9-11,19H,6,8H2,1-2H3. The molecule has 0 radical (unpaired) electrons. The Morgan fingerprint density at radius 1 is 1.26 bits per heavy atom. The maximum absolute atomic E-state index is 12.7. The first kappa shape index (κ1) is 16.3. The van der Waals surface area contributed by atoms with E-state index in [2.05, 4.69) is 17.3 Å². The fourth-order valence-electron chi connectivity index (χ4n) is 2.70. The smallest absolute Gasteiger partial charge is 0.274 e. The number of nitrogens with zero attached hydrogens (tertiary/aromatic N) is 3. The van der Waals surface area contributed by atoms with Crippen molar-refractivity contribution in [3.63, 3.8) is 0 Å². The average Bonchev–Trinajstić information content (AvgIpc) is 3.02. The molecule has 1 amide bonds. The number of benzene rings is 1. The van der Waals surface area contributed by atoms with Gasteiger partial charge in [0.15, 0.2) is 5.69 Å². The Balaban J connectivity index is 1.83. The van der Waals surface area contributed by atoms with Gasteiger partial charge in [0.05, 0.1) is 15.7 Å². The lowest BCUT2D eigenvalue weighted by Crippen LogP contribution is -2.57. The van der Waals surface area contributed by atoms with Gasteiger partial charge in [-0.1, -0.05) is 23.2 Å². The van der Waals surface area contributed by atoms with Gasteiger partial charge in [0, 0.05) is 31.4 Å². The molecule has 2 heterocycles. The predicted octanol–water partition coefficient (Wildman–Crippen LogP) is 3.00. The van der Waals surface area contributed by atoms with E-state index in [1.54, 1.807) is 29.1 Å². The Morgan fingerprint density at radius 3 is 2.78 bits per heavy atom. The predicted molar refractivity (Wildman–Crippen MR) is 91.5 cm³/mol. The van der Waals surface area contributed by atoms with Gasteiger partial charge in [-0.3, -0.25) is 4.79 Å². The van der Waals surface area contributed by atoms with E-state index in [1.165, 1.54) is 0 Å². The summed E-state index contributed by atoms with van der Waals surface area (Å²) in [7, 11) is 0. The first-order valence-corrected chi connectivity index (χ1v) is 8.28. The summed E-state index contributed by atoms with van der Waals surface area (Å²) in [6.07, 6.45) is 1.75. The molecule has 2 unspecified atom stereocenters. The van der Waals surface area contributed by atoms with Gasteiger partial charge >= 0.3 is 0 Å². The van der Waals surface area contributed by atoms with Crippen molar-refractivity contribution < 1.29 is 4.79 Å². The number of hydrogen-bond donors (Lipinski definition) is 1. The maximum atomic E-state index is 12.7. The van der Waals surface area contributed by atoms with Crippen LogP contribution >= 0.6 is 23.2 Å². The van der Waals surface area contributed by atoms with Crippen molar-refractivity contribution in [2.45, 2.75) is 25.9 Å². The van der Waals surface area contributed by atoms with Crippen LogP contribution in [0.4, 0.5) is 0 Å². The van der Waals surface area contributed by atoms with Crippen LogP contribution in [0.5, 0.6) is 0 Å². The number of rotatable bonds is 2. The number of aromatic nitrogens is 2. The van der Waals surface area contributed by atoms with E-state index >= 15 is 0 Å². The lowest BCUT2D eigenvalue weighted by Gasteiger charge is -2.38. The SMILES string of the molecule is CC1NCCN(C(=O)c2ccn(-c3ccc(Cl)c(Cl)c3)n2)C1C. The summed E-state index contributed by atoms with van der Waals surface area (Å²) in [4.78, 5) is 14.6. The van der Waals surface area contributed by atoms with Crippen molar-refractivity contribution in [1.29, 1.82) is 0 Å². The summed E-state index contributed by atoms with van der Waals surface area (Å²) >= 11 is 12.0. The first-order valence-electron chi connectivity index (χ1n) is 7.53. The fraction of sp³-hybridized carbons (Fsp3) is 0.375. The Morgan fingerprint density at radius 2 is 2.04 bits per heavy atom. The molecule has 0 spiro atoms. The molecule has 1 fully saturated rings. The lowest BCUT2D eigenvalue weighted by molar-refractivity contribution is 0.0596. The summed E-state index contributed by atoms with van der Waals surface area (Å²) < 4.78 is 1.63. The van der Waals surface area contributed by atoms with Crippen molar-refractivity contribution in [3.05, 3.63) is 46.2 Å². The van der Waals surface area contributed by atoms with Crippen LogP contribution in [0.15, 0.2) is 30.5 Å². The van der Waals surface area contributed by atoms with Crippen LogP contribution in [-0.2, 0) is 0 Å². The molecule has 1 aromatic heterocycles.